The second kappa shape index (κ2) is 6.74. The number of thiazole rings is 2. The summed E-state index contributed by atoms with van der Waals surface area (Å²) in [6.45, 7) is 1.89. The van der Waals surface area contributed by atoms with Gasteiger partial charge in [0.2, 0.25) is 0 Å². The van der Waals surface area contributed by atoms with Crippen LogP contribution in [-0.4, -0.2) is 20.4 Å². The Morgan fingerprint density at radius 2 is 1.88 bits per heavy atom. The molecule has 6 nitrogen and oxygen atoms in total. The van der Waals surface area contributed by atoms with Crippen LogP contribution in [0.3, 0.4) is 0 Å². The third kappa shape index (κ3) is 3.24. The van der Waals surface area contributed by atoms with Crippen LogP contribution in [0.25, 0.3) is 16.3 Å². The van der Waals surface area contributed by atoms with Gasteiger partial charge < -0.3 is 10.3 Å². The van der Waals surface area contributed by atoms with E-state index < -0.39 is 0 Å². The molecule has 3 aromatic heterocycles. The fraction of sp³-hybridized carbons (Fsp3) is 0.0556. The minimum atomic E-state index is -0.192. The normalized spacial score (nSPS) is 10.8. The summed E-state index contributed by atoms with van der Waals surface area (Å²) < 4.78 is 1.98. The molecule has 0 radical (unpaired) electrons. The lowest BCUT2D eigenvalue weighted by molar-refractivity contribution is 0.102. The lowest BCUT2D eigenvalue weighted by Crippen LogP contribution is -2.11. The monoisotopic (exact) mass is 381 g/mol. The van der Waals surface area contributed by atoms with Crippen molar-refractivity contribution in [2.45, 2.75) is 6.92 Å². The van der Waals surface area contributed by atoms with Crippen LogP contribution in [-0.2, 0) is 0 Å². The van der Waals surface area contributed by atoms with Crippen molar-refractivity contribution in [3.8, 4) is 16.3 Å². The summed E-state index contributed by atoms with van der Waals surface area (Å²) in [5, 5.41) is 5.81. The van der Waals surface area contributed by atoms with Gasteiger partial charge in [-0.15, -0.1) is 11.3 Å². The van der Waals surface area contributed by atoms with Gasteiger partial charge in [0.15, 0.2) is 10.3 Å². The number of nitrogens with zero attached hydrogens (tertiary/aromatic N) is 3. The number of hydrogen-bond acceptors (Lipinski definition) is 6. The summed E-state index contributed by atoms with van der Waals surface area (Å²) in [4.78, 5) is 22.1. The van der Waals surface area contributed by atoms with Crippen LogP contribution in [0.15, 0.2) is 54.2 Å². The molecule has 0 unspecified atom stereocenters. The van der Waals surface area contributed by atoms with Gasteiger partial charge in [0.25, 0.3) is 5.91 Å². The maximum Gasteiger partial charge on any atom is 0.257 e. The van der Waals surface area contributed by atoms with Crippen LogP contribution in [0.4, 0.5) is 10.3 Å². The van der Waals surface area contributed by atoms with Crippen LogP contribution in [0.2, 0.25) is 0 Å². The van der Waals surface area contributed by atoms with Crippen LogP contribution in [0.5, 0.6) is 0 Å². The molecule has 26 heavy (non-hydrogen) atoms. The van der Waals surface area contributed by atoms with Crippen molar-refractivity contribution < 1.29 is 4.79 Å². The average Bonchev–Trinajstić information content (AvgIpc) is 3.36. The number of benzene rings is 1. The molecule has 1 amide bonds. The number of carbonyl (C=O) groups excluding carboxylic acids is 1. The SMILES string of the molecule is Cc1nc(NC(=O)c2ccc(-n3cccc3)cc2)sc1-c1csc(N)n1. The zero-order valence-electron chi connectivity index (χ0n) is 13.8. The first-order valence-corrected chi connectivity index (χ1v) is 9.53. The fourth-order valence-electron chi connectivity index (χ4n) is 2.54. The minimum absolute atomic E-state index is 0.192. The second-order valence-corrected chi connectivity index (χ2v) is 7.48. The van der Waals surface area contributed by atoms with E-state index in [2.05, 4.69) is 15.3 Å². The number of amides is 1. The lowest BCUT2D eigenvalue weighted by Gasteiger charge is -2.05. The molecule has 130 valence electrons. The summed E-state index contributed by atoms with van der Waals surface area (Å²) in [6.07, 6.45) is 3.92. The van der Waals surface area contributed by atoms with Gasteiger partial charge in [0.1, 0.15) is 0 Å². The molecule has 0 saturated heterocycles. The third-order valence-electron chi connectivity index (χ3n) is 3.80. The number of nitrogen functional groups attached to an aromatic ring is 1. The minimum Gasteiger partial charge on any atom is -0.375 e. The largest absolute Gasteiger partial charge is 0.375 e. The highest BCUT2D eigenvalue weighted by atomic mass is 32.1. The molecule has 0 bridgehead atoms. The summed E-state index contributed by atoms with van der Waals surface area (Å²) in [5.41, 5.74) is 8.88. The Kier molecular flexibility index (Phi) is 4.27. The third-order valence-corrected chi connectivity index (χ3v) is 5.57. The van der Waals surface area contributed by atoms with Crippen molar-refractivity contribution in [2.75, 3.05) is 11.1 Å². The van der Waals surface area contributed by atoms with Gasteiger partial charge in [-0.1, -0.05) is 11.3 Å². The second-order valence-electron chi connectivity index (χ2n) is 5.60. The van der Waals surface area contributed by atoms with Crippen LogP contribution >= 0.6 is 22.7 Å². The molecule has 4 rings (SSSR count). The Hall–Kier alpha value is -2.97. The highest BCUT2D eigenvalue weighted by Crippen LogP contribution is 2.34. The topological polar surface area (TPSA) is 85.8 Å². The number of anilines is 2. The summed E-state index contributed by atoms with van der Waals surface area (Å²) in [7, 11) is 0. The quantitative estimate of drug-likeness (QED) is 0.555. The smallest absolute Gasteiger partial charge is 0.257 e. The number of aromatic nitrogens is 3. The molecule has 1 aromatic carbocycles. The van der Waals surface area contributed by atoms with Gasteiger partial charge in [0, 0.05) is 29.0 Å². The Labute approximate surface area is 158 Å². The van der Waals surface area contributed by atoms with E-state index in [1.165, 1.54) is 22.7 Å². The van der Waals surface area contributed by atoms with Gasteiger partial charge in [-0.25, -0.2) is 9.97 Å². The van der Waals surface area contributed by atoms with E-state index in [9.17, 15) is 4.79 Å². The molecule has 4 aromatic rings. The van der Waals surface area contributed by atoms with Crippen molar-refractivity contribution >= 4 is 38.8 Å². The number of aryl methyl sites for hydroxylation is 1. The molecule has 0 aliphatic heterocycles. The van der Waals surface area contributed by atoms with Crippen LogP contribution < -0.4 is 11.1 Å². The molecule has 0 spiro atoms. The summed E-state index contributed by atoms with van der Waals surface area (Å²) in [6, 6.07) is 11.3. The Balaban J connectivity index is 1.51. The van der Waals surface area contributed by atoms with E-state index in [0.29, 0.717) is 15.8 Å². The highest BCUT2D eigenvalue weighted by molar-refractivity contribution is 7.19. The first-order chi connectivity index (χ1) is 12.6. The molecular weight excluding hydrogens is 366 g/mol. The lowest BCUT2D eigenvalue weighted by atomic mass is 10.2. The van der Waals surface area contributed by atoms with Crippen molar-refractivity contribution in [1.29, 1.82) is 0 Å². The zero-order valence-corrected chi connectivity index (χ0v) is 15.5. The van der Waals surface area contributed by atoms with E-state index in [1.807, 2.05) is 53.5 Å². The van der Waals surface area contributed by atoms with E-state index >= 15 is 0 Å². The first kappa shape index (κ1) is 16.5. The zero-order chi connectivity index (χ0) is 18.1. The van der Waals surface area contributed by atoms with Crippen molar-refractivity contribution in [3.63, 3.8) is 0 Å². The maximum absolute atomic E-state index is 12.5. The van der Waals surface area contributed by atoms with Crippen molar-refractivity contribution in [3.05, 3.63) is 65.4 Å². The molecule has 0 fully saturated rings. The molecular formula is C18H15N5OS2. The van der Waals surface area contributed by atoms with Crippen LogP contribution in [0, 0.1) is 6.92 Å². The molecule has 0 atom stereocenters. The van der Waals surface area contributed by atoms with Gasteiger partial charge in [0.05, 0.1) is 16.3 Å². The Morgan fingerprint density at radius 1 is 1.15 bits per heavy atom. The highest BCUT2D eigenvalue weighted by Gasteiger charge is 2.15. The van der Waals surface area contributed by atoms with Gasteiger partial charge in [-0.2, -0.15) is 0 Å². The predicted molar refractivity (Wildman–Crippen MR) is 106 cm³/mol. The van der Waals surface area contributed by atoms with E-state index in [1.54, 1.807) is 12.1 Å². The molecule has 3 heterocycles. The number of hydrogen-bond donors (Lipinski definition) is 2. The fourth-order valence-corrected chi connectivity index (χ4v) is 4.09. The van der Waals surface area contributed by atoms with Crippen molar-refractivity contribution in [1.82, 2.24) is 14.5 Å². The molecule has 0 aliphatic carbocycles. The molecule has 3 N–H and O–H groups in total. The number of nitrogens with one attached hydrogen (secondary N) is 1. The molecule has 8 heteroatoms. The summed E-state index contributed by atoms with van der Waals surface area (Å²) >= 11 is 2.78. The summed E-state index contributed by atoms with van der Waals surface area (Å²) in [5.74, 6) is -0.192. The number of carbonyl (C=O) groups is 1. The van der Waals surface area contributed by atoms with Crippen molar-refractivity contribution in [2.24, 2.45) is 0 Å². The molecule has 0 saturated carbocycles. The van der Waals surface area contributed by atoms with E-state index in [-0.39, 0.29) is 5.91 Å². The first-order valence-electron chi connectivity index (χ1n) is 7.84. The Morgan fingerprint density at radius 3 is 2.54 bits per heavy atom. The predicted octanol–water partition coefficient (Wildman–Crippen LogP) is 4.20. The van der Waals surface area contributed by atoms with E-state index in [4.69, 9.17) is 5.73 Å². The average molecular weight is 381 g/mol. The van der Waals surface area contributed by atoms with Gasteiger partial charge in [-0.3, -0.25) is 10.1 Å². The number of rotatable bonds is 4. The van der Waals surface area contributed by atoms with E-state index in [0.717, 1.165) is 22.0 Å². The van der Waals surface area contributed by atoms with Gasteiger partial charge in [-0.05, 0) is 43.3 Å². The Bertz CT molecular complexity index is 1050. The van der Waals surface area contributed by atoms with Gasteiger partial charge >= 0.3 is 0 Å². The van der Waals surface area contributed by atoms with Crippen LogP contribution in [0.1, 0.15) is 16.1 Å². The standard InChI is InChI=1S/C18H15N5OS2/c1-11-15(14-10-25-17(19)21-14)26-18(20-11)22-16(24)12-4-6-13(7-5-12)23-8-2-3-9-23/h2-10H,1H3,(H2,19,21)(H,20,22,24). The number of nitrogens with two attached hydrogens (primary N) is 1. The molecule has 0 aliphatic rings. The maximum atomic E-state index is 12.5.